The van der Waals surface area contributed by atoms with Gasteiger partial charge in [-0.05, 0) is 12.8 Å². The van der Waals surface area contributed by atoms with E-state index in [1.54, 1.807) is 0 Å². The summed E-state index contributed by atoms with van der Waals surface area (Å²) in [5.74, 6) is -0.783. The van der Waals surface area contributed by atoms with Crippen molar-refractivity contribution in [2.75, 3.05) is 47.5 Å². The van der Waals surface area contributed by atoms with Gasteiger partial charge in [0.25, 0.3) is 0 Å². The first-order valence-electron chi connectivity index (χ1n) is 24.8. The lowest BCUT2D eigenvalue weighted by atomic mass is 10.0. The topological polar surface area (TPSA) is 108 Å². The maximum absolute atomic E-state index is 12.7. The standard InChI is InChI=1S/C48H96NO8P/c1-6-8-10-12-14-16-18-19-20-21-22-23-24-25-26-27-28-29-30-31-33-35-37-39-41-48(51)57-46(45-56-58(52,53)55-43-42-49(3,4)5)44-54-47(50)40-38-36-34-32-17-15-13-11-9-7-2/h46H,6-45H2,1-5H3/p+1. The number of phosphoric ester groups is 1. The number of likely N-dealkylation sites (N-methyl/N-ethyl adjacent to an activating group) is 1. The molecule has 346 valence electrons. The highest BCUT2D eigenvalue weighted by atomic mass is 31.2. The zero-order valence-electron chi connectivity index (χ0n) is 39.1. The zero-order chi connectivity index (χ0) is 42.8. The Morgan fingerprint density at radius 3 is 1.10 bits per heavy atom. The average molecular weight is 847 g/mol. The summed E-state index contributed by atoms with van der Waals surface area (Å²) in [6.45, 7) is 4.46. The van der Waals surface area contributed by atoms with E-state index in [0.717, 1.165) is 38.5 Å². The number of hydrogen-bond acceptors (Lipinski definition) is 7. The molecule has 0 aliphatic rings. The Morgan fingerprint density at radius 1 is 0.466 bits per heavy atom. The van der Waals surface area contributed by atoms with E-state index in [2.05, 4.69) is 13.8 Å². The fraction of sp³-hybridized carbons (Fsp3) is 0.958. The van der Waals surface area contributed by atoms with Gasteiger partial charge in [-0.1, -0.05) is 219 Å². The van der Waals surface area contributed by atoms with Crippen LogP contribution in [0.5, 0.6) is 0 Å². The van der Waals surface area contributed by atoms with Crippen molar-refractivity contribution in [3.63, 3.8) is 0 Å². The van der Waals surface area contributed by atoms with E-state index in [1.807, 2.05) is 21.1 Å². The van der Waals surface area contributed by atoms with Crippen LogP contribution in [0.25, 0.3) is 0 Å². The van der Waals surface area contributed by atoms with Crippen LogP contribution >= 0.6 is 7.82 Å². The molecule has 0 fully saturated rings. The van der Waals surface area contributed by atoms with Gasteiger partial charge >= 0.3 is 19.8 Å². The third kappa shape index (κ3) is 44.6. The fourth-order valence-corrected chi connectivity index (χ4v) is 7.99. The van der Waals surface area contributed by atoms with Crippen LogP contribution in [0.3, 0.4) is 0 Å². The molecular formula is C48H97NO8P+. The summed E-state index contributed by atoms with van der Waals surface area (Å²) in [5.41, 5.74) is 0. The highest BCUT2D eigenvalue weighted by Crippen LogP contribution is 2.43. The second-order valence-electron chi connectivity index (χ2n) is 18.2. The number of ether oxygens (including phenoxy) is 2. The van der Waals surface area contributed by atoms with Crippen molar-refractivity contribution >= 4 is 19.8 Å². The summed E-state index contributed by atoms with van der Waals surface area (Å²) in [5, 5.41) is 0. The monoisotopic (exact) mass is 847 g/mol. The molecule has 10 heteroatoms. The number of unbranched alkanes of at least 4 members (excludes halogenated alkanes) is 32. The number of esters is 2. The average Bonchev–Trinajstić information content (AvgIpc) is 3.17. The summed E-state index contributed by atoms with van der Waals surface area (Å²) < 4.78 is 34.3. The molecule has 0 radical (unpaired) electrons. The Hall–Kier alpha value is -0.990. The number of carbonyl (C=O) groups excluding carboxylic acids is 2. The van der Waals surface area contributed by atoms with Gasteiger partial charge in [0, 0.05) is 12.8 Å². The van der Waals surface area contributed by atoms with Gasteiger partial charge in [-0.25, -0.2) is 4.57 Å². The Labute approximate surface area is 359 Å². The molecule has 0 aromatic rings. The van der Waals surface area contributed by atoms with Crippen molar-refractivity contribution in [3.05, 3.63) is 0 Å². The molecule has 0 amide bonds. The largest absolute Gasteiger partial charge is 0.472 e. The summed E-state index contributed by atoms with van der Waals surface area (Å²) in [6.07, 6.45) is 43.1. The van der Waals surface area contributed by atoms with Crippen LogP contribution in [0, 0.1) is 0 Å². The van der Waals surface area contributed by atoms with E-state index < -0.39 is 26.5 Å². The maximum Gasteiger partial charge on any atom is 0.472 e. The van der Waals surface area contributed by atoms with Crippen LogP contribution < -0.4 is 0 Å². The van der Waals surface area contributed by atoms with Gasteiger partial charge in [0.15, 0.2) is 6.10 Å². The molecule has 0 saturated carbocycles. The van der Waals surface area contributed by atoms with E-state index in [9.17, 15) is 19.0 Å². The summed E-state index contributed by atoms with van der Waals surface area (Å²) in [4.78, 5) is 35.4. The van der Waals surface area contributed by atoms with Crippen molar-refractivity contribution in [1.82, 2.24) is 0 Å². The zero-order valence-corrected chi connectivity index (χ0v) is 40.0. The third-order valence-corrected chi connectivity index (χ3v) is 12.1. The van der Waals surface area contributed by atoms with E-state index >= 15 is 0 Å². The van der Waals surface area contributed by atoms with Gasteiger partial charge in [-0.3, -0.25) is 18.6 Å². The number of rotatable bonds is 46. The van der Waals surface area contributed by atoms with Crippen molar-refractivity contribution in [2.24, 2.45) is 0 Å². The van der Waals surface area contributed by atoms with E-state index in [0.29, 0.717) is 17.4 Å². The van der Waals surface area contributed by atoms with E-state index in [4.69, 9.17) is 18.5 Å². The van der Waals surface area contributed by atoms with Crippen LogP contribution in [0.4, 0.5) is 0 Å². The number of phosphoric acid groups is 1. The SMILES string of the molecule is CCCCCCCCCCCCCCCCCCCCCCCCCCC(=O)OC(COC(=O)CCCCCCCCCCCC)COP(=O)(O)OCC[N+](C)(C)C. The van der Waals surface area contributed by atoms with Crippen LogP contribution in [0.15, 0.2) is 0 Å². The number of quaternary nitrogens is 1. The predicted molar refractivity (Wildman–Crippen MR) is 243 cm³/mol. The minimum atomic E-state index is -4.37. The van der Waals surface area contributed by atoms with E-state index in [1.165, 1.54) is 180 Å². The summed E-state index contributed by atoms with van der Waals surface area (Å²) in [7, 11) is 1.49. The molecule has 0 aromatic heterocycles. The molecule has 0 saturated heterocycles. The van der Waals surface area contributed by atoms with Crippen molar-refractivity contribution in [2.45, 2.75) is 251 Å². The van der Waals surface area contributed by atoms with Gasteiger partial charge in [0.1, 0.15) is 19.8 Å². The second-order valence-corrected chi connectivity index (χ2v) is 19.7. The van der Waals surface area contributed by atoms with Gasteiger partial charge in [0.05, 0.1) is 27.7 Å². The van der Waals surface area contributed by atoms with Crippen molar-refractivity contribution in [1.29, 1.82) is 0 Å². The molecule has 58 heavy (non-hydrogen) atoms. The van der Waals surface area contributed by atoms with Crippen molar-refractivity contribution in [3.8, 4) is 0 Å². The van der Waals surface area contributed by atoms with Gasteiger partial charge in [-0.2, -0.15) is 0 Å². The molecule has 1 N–H and O–H groups in total. The lowest BCUT2D eigenvalue weighted by molar-refractivity contribution is -0.870. The first-order valence-corrected chi connectivity index (χ1v) is 26.3. The molecule has 0 aromatic carbocycles. The van der Waals surface area contributed by atoms with Gasteiger partial charge < -0.3 is 18.9 Å². The highest BCUT2D eigenvalue weighted by Gasteiger charge is 2.27. The molecule has 2 unspecified atom stereocenters. The molecule has 0 rings (SSSR count). The predicted octanol–water partition coefficient (Wildman–Crippen LogP) is 14.4. The number of carbonyl (C=O) groups is 2. The normalized spacial score (nSPS) is 13.4. The molecule has 0 spiro atoms. The molecule has 9 nitrogen and oxygen atoms in total. The molecule has 2 atom stereocenters. The first kappa shape index (κ1) is 57.0. The molecule has 0 heterocycles. The Kier molecular flexibility index (Phi) is 40.7. The fourth-order valence-electron chi connectivity index (χ4n) is 7.25. The summed E-state index contributed by atoms with van der Waals surface area (Å²) >= 11 is 0. The van der Waals surface area contributed by atoms with Crippen molar-refractivity contribution < 1.29 is 42.1 Å². The quantitative estimate of drug-likeness (QED) is 0.0279. The molecule has 0 bridgehead atoms. The van der Waals surface area contributed by atoms with Crippen LogP contribution in [0.2, 0.25) is 0 Å². The minimum Gasteiger partial charge on any atom is -0.462 e. The number of hydrogen-bond donors (Lipinski definition) is 1. The smallest absolute Gasteiger partial charge is 0.462 e. The third-order valence-electron chi connectivity index (χ3n) is 11.1. The van der Waals surface area contributed by atoms with Crippen LogP contribution in [0.1, 0.15) is 245 Å². The summed E-state index contributed by atoms with van der Waals surface area (Å²) in [6, 6.07) is 0. The molecule has 0 aliphatic carbocycles. The first-order chi connectivity index (χ1) is 28.0. The van der Waals surface area contributed by atoms with Crippen LogP contribution in [-0.4, -0.2) is 74.9 Å². The van der Waals surface area contributed by atoms with Gasteiger partial charge in [-0.15, -0.1) is 0 Å². The second kappa shape index (κ2) is 41.4. The van der Waals surface area contributed by atoms with E-state index in [-0.39, 0.29) is 25.6 Å². The molecule has 0 aliphatic heterocycles. The highest BCUT2D eigenvalue weighted by molar-refractivity contribution is 7.47. The molecular weight excluding hydrogens is 750 g/mol. The van der Waals surface area contributed by atoms with Gasteiger partial charge in [0.2, 0.25) is 0 Å². The Bertz CT molecular complexity index is 958. The number of nitrogens with zero attached hydrogens (tertiary/aromatic N) is 1. The van der Waals surface area contributed by atoms with Crippen LogP contribution in [-0.2, 0) is 32.7 Å². The minimum absolute atomic E-state index is 0.0368. The maximum atomic E-state index is 12.7. The lowest BCUT2D eigenvalue weighted by Gasteiger charge is -2.24. The Morgan fingerprint density at radius 2 is 0.776 bits per heavy atom. The lowest BCUT2D eigenvalue weighted by Crippen LogP contribution is -2.37. The Balaban J connectivity index is 4.10.